The lowest BCUT2D eigenvalue weighted by molar-refractivity contribution is -0.120. The summed E-state index contributed by atoms with van der Waals surface area (Å²) in [5.41, 5.74) is 6.57. The molecule has 0 aromatic carbocycles. The van der Waals surface area contributed by atoms with Gasteiger partial charge in [-0.15, -0.1) is 0 Å². The first kappa shape index (κ1) is 12.6. The van der Waals surface area contributed by atoms with Crippen LogP contribution in [0.25, 0.3) is 0 Å². The van der Waals surface area contributed by atoms with Crippen molar-refractivity contribution < 1.29 is 9.90 Å². The zero-order valence-corrected chi connectivity index (χ0v) is 11.7. The number of halogens is 1. The fourth-order valence-corrected chi connectivity index (χ4v) is 2.43. The topological polar surface area (TPSA) is 79.5 Å². The summed E-state index contributed by atoms with van der Waals surface area (Å²) in [5, 5.41) is 10.0. The molecule has 92 valence electrons. The second kappa shape index (κ2) is 4.41. The lowest BCUT2D eigenvalue weighted by Gasteiger charge is -2.21. The maximum Gasteiger partial charge on any atom is 0.234 e. The molecule has 3 N–H and O–H groups in total. The number of pyridine rings is 1. The molecule has 2 rings (SSSR count). The SMILES string of the molecule is Cc1ccc(N2C(=O)C(C)C(I)C2O)nc1N. The number of carbonyl (C=O) groups is 1. The summed E-state index contributed by atoms with van der Waals surface area (Å²) < 4.78 is -0.135. The van der Waals surface area contributed by atoms with Crippen molar-refractivity contribution in [2.24, 2.45) is 5.92 Å². The number of aliphatic hydroxyl groups is 1. The van der Waals surface area contributed by atoms with Crippen LogP contribution in [0.5, 0.6) is 0 Å². The van der Waals surface area contributed by atoms with Gasteiger partial charge in [-0.3, -0.25) is 9.69 Å². The van der Waals surface area contributed by atoms with Gasteiger partial charge in [-0.25, -0.2) is 4.98 Å². The number of amides is 1. The molecule has 1 aliphatic rings. The number of nitrogen functional groups attached to an aromatic ring is 1. The summed E-state index contributed by atoms with van der Waals surface area (Å²) in [6.07, 6.45) is -0.840. The van der Waals surface area contributed by atoms with E-state index in [1.807, 2.05) is 6.92 Å². The van der Waals surface area contributed by atoms with Crippen LogP contribution in [0.1, 0.15) is 12.5 Å². The van der Waals surface area contributed by atoms with Gasteiger partial charge in [0.25, 0.3) is 0 Å². The van der Waals surface area contributed by atoms with Crippen molar-refractivity contribution >= 4 is 40.1 Å². The molecule has 1 aromatic heterocycles. The summed E-state index contributed by atoms with van der Waals surface area (Å²) in [6, 6.07) is 3.50. The third kappa shape index (κ3) is 1.99. The Hall–Kier alpha value is -0.890. The molecule has 6 heteroatoms. The van der Waals surface area contributed by atoms with Crippen LogP contribution < -0.4 is 10.6 Å². The number of nitrogens with zero attached hydrogens (tertiary/aromatic N) is 2. The molecule has 1 fully saturated rings. The Kier molecular flexibility index (Phi) is 3.26. The molecule has 3 unspecified atom stereocenters. The number of aryl methyl sites for hydroxylation is 1. The summed E-state index contributed by atoms with van der Waals surface area (Å²) in [5.74, 6) is 0.464. The van der Waals surface area contributed by atoms with E-state index in [0.717, 1.165) is 5.56 Å². The van der Waals surface area contributed by atoms with Gasteiger partial charge in [0.15, 0.2) is 0 Å². The number of anilines is 2. The third-order valence-corrected chi connectivity index (χ3v) is 4.74. The molecule has 0 bridgehead atoms. The molecule has 1 aliphatic heterocycles. The quantitative estimate of drug-likeness (QED) is 0.589. The first-order chi connectivity index (χ1) is 7.93. The van der Waals surface area contributed by atoms with Crippen LogP contribution in [-0.4, -0.2) is 26.2 Å². The molecular formula is C11H14IN3O2. The molecule has 2 heterocycles. The molecule has 1 aromatic rings. The minimum Gasteiger partial charge on any atom is -0.383 e. The van der Waals surface area contributed by atoms with Gasteiger partial charge in [0, 0.05) is 0 Å². The Labute approximate surface area is 113 Å². The minimum atomic E-state index is -0.840. The van der Waals surface area contributed by atoms with E-state index in [1.165, 1.54) is 4.90 Å². The number of nitrogens with two attached hydrogens (primary N) is 1. The minimum absolute atomic E-state index is 0.118. The zero-order valence-electron chi connectivity index (χ0n) is 9.59. The molecule has 0 spiro atoms. The van der Waals surface area contributed by atoms with Crippen LogP contribution in [0.4, 0.5) is 11.6 Å². The largest absolute Gasteiger partial charge is 0.383 e. The van der Waals surface area contributed by atoms with Gasteiger partial charge in [-0.2, -0.15) is 0 Å². The third-order valence-electron chi connectivity index (χ3n) is 3.02. The monoisotopic (exact) mass is 347 g/mol. The number of aliphatic hydroxyl groups excluding tert-OH is 1. The van der Waals surface area contributed by atoms with Crippen LogP contribution >= 0.6 is 22.6 Å². The second-order valence-electron chi connectivity index (χ2n) is 4.23. The highest BCUT2D eigenvalue weighted by atomic mass is 127. The molecule has 0 saturated carbocycles. The van der Waals surface area contributed by atoms with Gasteiger partial charge in [0.05, 0.1) is 9.84 Å². The van der Waals surface area contributed by atoms with Gasteiger partial charge in [-0.05, 0) is 18.6 Å². The van der Waals surface area contributed by atoms with Gasteiger partial charge < -0.3 is 10.8 Å². The predicted molar refractivity (Wildman–Crippen MR) is 73.9 cm³/mol. The Morgan fingerprint density at radius 1 is 1.53 bits per heavy atom. The lowest BCUT2D eigenvalue weighted by atomic mass is 10.1. The smallest absolute Gasteiger partial charge is 0.234 e. The van der Waals surface area contributed by atoms with E-state index in [9.17, 15) is 9.90 Å². The molecule has 5 nitrogen and oxygen atoms in total. The van der Waals surface area contributed by atoms with E-state index < -0.39 is 6.23 Å². The van der Waals surface area contributed by atoms with Crippen molar-refractivity contribution in [3.05, 3.63) is 17.7 Å². The number of hydrogen-bond donors (Lipinski definition) is 2. The van der Waals surface area contributed by atoms with Crippen molar-refractivity contribution in [2.45, 2.75) is 24.0 Å². The summed E-state index contributed by atoms with van der Waals surface area (Å²) >= 11 is 2.09. The van der Waals surface area contributed by atoms with Gasteiger partial charge >= 0.3 is 0 Å². The van der Waals surface area contributed by atoms with Crippen molar-refractivity contribution in [3.63, 3.8) is 0 Å². The Balaban J connectivity index is 2.40. The van der Waals surface area contributed by atoms with Crippen LogP contribution in [0.15, 0.2) is 12.1 Å². The summed E-state index contributed by atoms with van der Waals surface area (Å²) in [6.45, 7) is 3.65. The maximum atomic E-state index is 12.0. The Morgan fingerprint density at radius 2 is 2.18 bits per heavy atom. The number of aromatic nitrogens is 1. The van der Waals surface area contributed by atoms with E-state index in [2.05, 4.69) is 27.6 Å². The van der Waals surface area contributed by atoms with Crippen LogP contribution in [0.2, 0.25) is 0 Å². The molecule has 17 heavy (non-hydrogen) atoms. The molecule has 0 radical (unpaired) electrons. The summed E-state index contributed by atoms with van der Waals surface area (Å²) in [4.78, 5) is 17.5. The molecule has 3 atom stereocenters. The Morgan fingerprint density at radius 3 is 2.65 bits per heavy atom. The number of rotatable bonds is 1. The van der Waals surface area contributed by atoms with E-state index in [1.54, 1.807) is 19.1 Å². The molecule has 1 saturated heterocycles. The van der Waals surface area contributed by atoms with Crippen molar-refractivity contribution in [1.29, 1.82) is 0 Å². The summed E-state index contributed by atoms with van der Waals surface area (Å²) in [7, 11) is 0. The van der Waals surface area contributed by atoms with Gasteiger partial charge in [0.2, 0.25) is 5.91 Å². The highest BCUT2D eigenvalue weighted by molar-refractivity contribution is 14.1. The highest BCUT2D eigenvalue weighted by Gasteiger charge is 2.44. The van der Waals surface area contributed by atoms with E-state index in [0.29, 0.717) is 11.6 Å². The molecular weight excluding hydrogens is 333 g/mol. The first-order valence-corrected chi connectivity index (χ1v) is 6.56. The van der Waals surface area contributed by atoms with Crippen molar-refractivity contribution in [3.8, 4) is 0 Å². The molecule has 1 amide bonds. The fourth-order valence-electron chi connectivity index (χ4n) is 1.80. The maximum absolute atomic E-state index is 12.0. The standard InChI is InChI=1S/C11H14IN3O2/c1-5-3-4-7(14-9(5)13)15-10(16)6(2)8(12)11(15)17/h3-4,6,8,11,17H,1-2H3,(H2,13,14). The average Bonchev–Trinajstić information content (AvgIpc) is 2.48. The number of carbonyl (C=O) groups excluding carboxylic acids is 1. The van der Waals surface area contributed by atoms with E-state index >= 15 is 0 Å². The lowest BCUT2D eigenvalue weighted by Crippen LogP contribution is -2.36. The first-order valence-electron chi connectivity index (χ1n) is 5.32. The number of alkyl halides is 1. The van der Waals surface area contributed by atoms with Crippen molar-refractivity contribution in [1.82, 2.24) is 4.98 Å². The zero-order chi connectivity index (χ0) is 12.7. The fraction of sp³-hybridized carbons (Fsp3) is 0.455. The number of hydrogen-bond acceptors (Lipinski definition) is 4. The Bertz CT molecular complexity index is 466. The average molecular weight is 347 g/mol. The van der Waals surface area contributed by atoms with E-state index in [4.69, 9.17) is 5.73 Å². The molecule has 0 aliphatic carbocycles. The second-order valence-corrected chi connectivity index (χ2v) is 5.66. The van der Waals surface area contributed by atoms with Gasteiger partial charge in [-0.1, -0.05) is 35.6 Å². The van der Waals surface area contributed by atoms with Crippen molar-refractivity contribution in [2.75, 3.05) is 10.6 Å². The van der Waals surface area contributed by atoms with Crippen LogP contribution in [0.3, 0.4) is 0 Å². The van der Waals surface area contributed by atoms with E-state index in [-0.39, 0.29) is 15.7 Å². The predicted octanol–water partition coefficient (Wildman–Crippen LogP) is 1.08. The van der Waals surface area contributed by atoms with Crippen LogP contribution in [0, 0.1) is 12.8 Å². The van der Waals surface area contributed by atoms with Crippen LogP contribution in [-0.2, 0) is 4.79 Å². The highest BCUT2D eigenvalue weighted by Crippen LogP contribution is 2.33. The normalized spacial score (nSPS) is 28.8. The van der Waals surface area contributed by atoms with Gasteiger partial charge in [0.1, 0.15) is 17.9 Å².